The number of nitrogens with zero attached hydrogens (tertiary/aromatic N) is 4. The number of fused-ring (bicyclic) bond motifs is 1. The van der Waals surface area contributed by atoms with Gasteiger partial charge in [0.05, 0.1) is 17.0 Å². The first kappa shape index (κ1) is 19.2. The number of pyridine rings is 1. The Hall–Kier alpha value is -4.12. The maximum Gasteiger partial charge on any atom is 0.220 e. The van der Waals surface area contributed by atoms with E-state index in [1.807, 2.05) is 18.2 Å². The monoisotopic (exact) mass is 403 g/mol. The first-order chi connectivity index (χ1) is 14.6. The number of rotatable bonds is 6. The van der Waals surface area contributed by atoms with Gasteiger partial charge in [0.1, 0.15) is 35.0 Å². The van der Waals surface area contributed by atoms with Crippen LogP contribution >= 0.6 is 0 Å². The van der Waals surface area contributed by atoms with Gasteiger partial charge < -0.3 is 10.1 Å². The second-order valence-corrected chi connectivity index (χ2v) is 6.39. The summed E-state index contributed by atoms with van der Waals surface area (Å²) in [5, 5.41) is 12.0. The Morgan fingerprint density at radius 2 is 1.77 bits per heavy atom. The fourth-order valence-electron chi connectivity index (χ4n) is 2.94. The highest BCUT2D eigenvalue weighted by Crippen LogP contribution is 2.25. The molecule has 1 N–H and O–H groups in total. The van der Waals surface area contributed by atoms with E-state index in [4.69, 9.17) is 10.00 Å². The summed E-state index contributed by atoms with van der Waals surface area (Å²) >= 11 is 0. The summed E-state index contributed by atoms with van der Waals surface area (Å²) < 4.78 is 33.6. The first-order valence-electron chi connectivity index (χ1n) is 9.09. The van der Waals surface area contributed by atoms with Gasteiger partial charge in [0.15, 0.2) is 0 Å². The molecule has 0 aliphatic rings. The van der Waals surface area contributed by atoms with E-state index in [1.54, 1.807) is 24.3 Å². The summed E-state index contributed by atoms with van der Waals surface area (Å²) in [7, 11) is 0. The van der Waals surface area contributed by atoms with Crippen molar-refractivity contribution in [2.75, 3.05) is 11.9 Å². The van der Waals surface area contributed by atoms with Crippen LogP contribution in [0.15, 0.2) is 61.1 Å². The topological polar surface area (TPSA) is 83.7 Å². The Labute approximate surface area is 170 Å². The zero-order chi connectivity index (χ0) is 20.9. The Kier molecular flexibility index (Phi) is 5.44. The molecule has 8 heteroatoms. The molecule has 0 aliphatic heterocycles. The van der Waals surface area contributed by atoms with E-state index < -0.39 is 11.6 Å². The molecule has 0 atom stereocenters. The van der Waals surface area contributed by atoms with E-state index in [0.717, 1.165) is 17.7 Å². The zero-order valence-corrected chi connectivity index (χ0v) is 15.6. The van der Waals surface area contributed by atoms with Gasteiger partial charge in [-0.1, -0.05) is 12.1 Å². The highest BCUT2D eigenvalue weighted by molar-refractivity contribution is 5.89. The van der Waals surface area contributed by atoms with E-state index in [1.165, 1.54) is 12.5 Å². The molecule has 2 heterocycles. The number of hydrogen-bond acceptors (Lipinski definition) is 6. The van der Waals surface area contributed by atoms with Crippen molar-refractivity contribution in [3.8, 4) is 17.7 Å². The number of nitrogens with one attached hydrogen (secondary N) is 1. The number of nitriles is 1. The van der Waals surface area contributed by atoms with Gasteiger partial charge in [0.25, 0.3) is 0 Å². The maximum atomic E-state index is 14.1. The van der Waals surface area contributed by atoms with Crippen LogP contribution in [0.5, 0.6) is 11.6 Å². The Balaban J connectivity index is 1.40. The molecule has 6 nitrogen and oxygen atoms in total. The van der Waals surface area contributed by atoms with Crippen LogP contribution in [0.4, 0.5) is 14.6 Å². The van der Waals surface area contributed by atoms with Crippen molar-refractivity contribution in [1.29, 1.82) is 5.26 Å². The van der Waals surface area contributed by atoms with Gasteiger partial charge in [-0.05, 0) is 42.3 Å². The maximum absolute atomic E-state index is 14.1. The lowest BCUT2D eigenvalue weighted by molar-refractivity contribution is 0.462. The Bertz CT molecular complexity index is 1240. The number of aromatic nitrogens is 3. The number of anilines is 1. The third kappa shape index (κ3) is 4.15. The molecule has 0 saturated heterocycles. The molecule has 2 aromatic carbocycles. The van der Waals surface area contributed by atoms with Crippen LogP contribution in [-0.2, 0) is 6.42 Å². The van der Waals surface area contributed by atoms with E-state index in [-0.39, 0.29) is 16.7 Å². The lowest BCUT2D eigenvalue weighted by atomic mass is 10.1. The normalized spacial score (nSPS) is 10.6. The quantitative estimate of drug-likeness (QED) is 0.506. The standard InChI is InChI=1S/C22H15F2N5O/c23-17-5-6-18(24)21-20(17)22(29-13-28-21)27-10-7-14-1-3-16(4-2-14)30-19-11-15(12-25)8-9-26-19/h1-6,8-9,11,13H,7,10H2,(H,27,28,29). The minimum absolute atomic E-state index is 0.0355. The average Bonchev–Trinajstić information content (AvgIpc) is 2.78. The van der Waals surface area contributed by atoms with Crippen LogP contribution in [0, 0.1) is 23.0 Å². The predicted octanol–water partition coefficient (Wildman–Crippen LogP) is 4.62. The number of ether oxygens (including phenoxy) is 1. The minimum atomic E-state index is -0.595. The van der Waals surface area contributed by atoms with Gasteiger partial charge in [-0.2, -0.15) is 5.26 Å². The largest absolute Gasteiger partial charge is 0.439 e. The van der Waals surface area contributed by atoms with Crippen LogP contribution in [0.3, 0.4) is 0 Å². The van der Waals surface area contributed by atoms with Crippen molar-refractivity contribution in [2.24, 2.45) is 0 Å². The van der Waals surface area contributed by atoms with E-state index in [2.05, 4.69) is 20.3 Å². The van der Waals surface area contributed by atoms with Gasteiger partial charge >= 0.3 is 0 Å². The van der Waals surface area contributed by atoms with Crippen LogP contribution in [0.2, 0.25) is 0 Å². The molecule has 0 unspecified atom stereocenters. The highest BCUT2D eigenvalue weighted by atomic mass is 19.1. The SMILES string of the molecule is N#Cc1ccnc(Oc2ccc(CCNc3ncnc4c(F)ccc(F)c34)cc2)c1. The molecule has 0 aliphatic carbocycles. The smallest absolute Gasteiger partial charge is 0.220 e. The highest BCUT2D eigenvalue weighted by Gasteiger charge is 2.12. The second kappa shape index (κ2) is 8.49. The fourth-order valence-corrected chi connectivity index (χ4v) is 2.94. The molecule has 0 spiro atoms. The molecule has 0 radical (unpaired) electrons. The summed E-state index contributed by atoms with van der Waals surface area (Å²) in [5.74, 6) is 0.00900. The van der Waals surface area contributed by atoms with Crippen LogP contribution in [-0.4, -0.2) is 21.5 Å². The van der Waals surface area contributed by atoms with Crippen molar-refractivity contribution in [3.63, 3.8) is 0 Å². The lowest BCUT2D eigenvalue weighted by Gasteiger charge is -2.10. The molecule has 4 rings (SSSR count). The third-order valence-electron chi connectivity index (χ3n) is 4.40. The minimum Gasteiger partial charge on any atom is -0.439 e. The van der Waals surface area contributed by atoms with Gasteiger partial charge in [-0.15, -0.1) is 0 Å². The van der Waals surface area contributed by atoms with E-state index in [9.17, 15) is 8.78 Å². The third-order valence-corrected chi connectivity index (χ3v) is 4.40. The van der Waals surface area contributed by atoms with Crippen LogP contribution in [0.25, 0.3) is 10.9 Å². The van der Waals surface area contributed by atoms with Crippen molar-refractivity contribution in [3.05, 3.63) is 83.8 Å². The molecule has 4 aromatic rings. The second-order valence-electron chi connectivity index (χ2n) is 6.39. The van der Waals surface area contributed by atoms with Crippen molar-refractivity contribution in [1.82, 2.24) is 15.0 Å². The lowest BCUT2D eigenvalue weighted by Crippen LogP contribution is -2.08. The van der Waals surface area contributed by atoms with Crippen molar-refractivity contribution in [2.45, 2.75) is 6.42 Å². The predicted molar refractivity (Wildman–Crippen MR) is 107 cm³/mol. The van der Waals surface area contributed by atoms with Crippen molar-refractivity contribution < 1.29 is 13.5 Å². The molecule has 2 aromatic heterocycles. The average molecular weight is 403 g/mol. The van der Waals surface area contributed by atoms with Gasteiger partial charge in [0.2, 0.25) is 5.88 Å². The molecule has 0 bridgehead atoms. The molecular weight excluding hydrogens is 388 g/mol. The summed E-state index contributed by atoms with van der Waals surface area (Å²) in [4.78, 5) is 11.9. The molecule has 0 amide bonds. The summed E-state index contributed by atoms with van der Waals surface area (Å²) in [6.45, 7) is 0.466. The van der Waals surface area contributed by atoms with E-state index in [0.29, 0.717) is 30.2 Å². The number of halogens is 2. The molecule has 30 heavy (non-hydrogen) atoms. The van der Waals surface area contributed by atoms with Crippen molar-refractivity contribution >= 4 is 16.7 Å². The van der Waals surface area contributed by atoms with Crippen LogP contribution in [0.1, 0.15) is 11.1 Å². The van der Waals surface area contributed by atoms with Gasteiger partial charge in [0, 0.05) is 18.8 Å². The molecule has 0 saturated carbocycles. The Morgan fingerprint density at radius 3 is 2.57 bits per heavy atom. The number of hydrogen-bond donors (Lipinski definition) is 1. The first-order valence-corrected chi connectivity index (χ1v) is 9.09. The molecule has 148 valence electrons. The van der Waals surface area contributed by atoms with E-state index >= 15 is 0 Å². The molecular formula is C22H15F2N5O. The zero-order valence-electron chi connectivity index (χ0n) is 15.6. The van der Waals surface area contributed by atoms with Crippen LogP contribution < -0.4 is 10.1 Å². The van der Waals surface area contributed by atoms with Gasteiger partial charge in [-0.3, -0.25) is 0 Å². The summed E-state index contributed by atoms with van der Waals surface area (Å²) in [6, 6.07) is 14.7. The Morgan fingerprint density at radius 1 is 0.967 bits per heavy atom. The number of benzene rings is 2. The van der Waals surface area contributed by atoms with Gasteiger partial charge in [-0.25, -0.2) is 23.7 Å². The fraction of sp³-hybridized carbons (Fsp3) is 0.0909. The summed E-state index contributed by atoms with van der Waals surface area (Å²) in [5.41, 5.74) is 1.43. The summed E-state index contributed by atoms with van der Waals surface area (Å²) in [6.07, 6.45) is 3.35. The molecule has 0 fully saturated rings.